The van der Waals surface area contributed by atoms with Gasteiger partial charge in [-0.3, -0.25) is 4.79 Å². The maximum atomic E-state index is 12.9. The third-order valence-corrected chi connectivity index (χ3v) is 3.61. The van der Waals surface area contributed by atoms with Crippen molar-refractivity contribution in [2.45, 2.75) is 25.2 Å². The van der Waals surface area contributed by atoms with E-state index in [0.717, 1.165) is 11.4 Å². The van der Waals surface area contributed by atoms with E-state index in [1.54, 1.807) is 22.9 Å². The molecule has 0 aliphatic heterocycles. The van der Waals surface area contributed by atoms with Gasteiger partial charge in [0.2, 0.25) is 0 Å². The summed E-state index contributed by atoms with van der Waals surface area (Å²) in [4.78, 5) is 11.3. The number of halogens is 1. The molecule has 4 nitrogen and oxygen atoms in total. The van der Waals surface area contributed by atoms with Crippen molar-refractivity contribution < 1.29 is 14.3 Å². The second kappa shape index (κ2) is 3.91. The van der Waals surface area contributed by atoms with Crippen LogP contribution in [0.1, 0.15) is 24.2 Å². The van der Waals surface area contributed by atoms with E-state index in [4.69, 9.17) is 0 Å². The summed E-state index contributed by atoms with van der Waals surface area (Å²) < 4.78 is 14.6. The van der Waals surface area contributed by atoms with Crippen LogP contribution >= 0.6 is 0 Å². The molecule has 0 bridgehead atoms. The van der Waals surface area contributed by atoms with E-state index in [9.17, 15) is 14.3 Å². The summed E-state index contributed by atoms with van der Waals surface area (Å²) in [6.07, 6.45) is 1.25. The van der Waals surface area contributed by atoms with E-state index >= 15 is 0 Å². The van der Waals surface area contributed by atoms with E-state index in [1.807, 2.05) is 6.92 Å². The maximum Gasteiger partial charge on any atom is 0.315 e. The lowest BCUT2D eigenvalue weighted by Crippen LogP contribution is -2.20. The van der Waals surface area contributed by atoms with Crippen molar-refractivity contribution >= 4 is 5.97 Å². The number of nitrogens with zero attached hydrogens (tertiary/aromatic N) is 2. The Balaban J connectivity index is 2.03. The van der Waals surface area contributed by atoms with Gasteiger partial charge in [0.1, 0.15) is 11.2 Å². The van der Waals surface area contributed by atoms with Crippen LogP contribution in [-0.2, 0) is 10.2 Å². The monoisotopic (exact) mass is 260 g/mol. The number of benzene rings is 1. The Morgan fingerprint density at radius 3 is 2.53 bits per heavy atom. The van der Waals surface area contributed by atoms with Crippen LogP contribution in [-0.4, -0.2) is 20.9 Å². The molecule has 1 saturated carbocycles. The fraction of sp³-hybridized carbons (Fsp3) is 0.286. The predicted molar refractivity (Wildman–Crippen MR) is 66.8 cm³/mol. The van der Waals surface area contributed by atoms with Crippen molar-refractivity contribution in [1.82, 2.24) is 9.78 Å². The SMILES string of the molecule is Cc1cc(C2(C(=O)O)CC2)nn1-c1ccc(F)cc1. The third-order valence-electron chi connectivity index (χ3n) is 3.61. The number of aryl methyl sites for hydroxylation is 1. The first-order valence-electron chi connectivity index (χ1n) is 6.09. The molecule has 0 amide bonds. The normalized spacial score (nSPS) is 16.3. The summed E-state index contributed by atoms with van der Waals surface area (Å²) in [5, 5.41) is 13.6. The topological polar surface area (TPSA) is 55.1 Å². The number of aliphatic carboxylic acids is 1. The van der Waals surface area contributed by atoms with Gasteiger partial charge < -0.3 is 5.11 Å². The van der Waals surface area contributed by atoms with Crippen LogP contribution in [0.5, 0.6) is 0 Å². The summed E-state index contributed by atoms with van der Waals surface area (Å²) in [7, 11) is 0. The van der Waals surface area contributed by atoms with Gasteiger partial charge in [0, 0.05) is 5.69 Å². The smallest absolute Gasteiger partial charge is 0.315 e. The van der Waals surface area contributed by atoms with E-state index in [-0.39, 0.29) is 5.82 Å². The minimum Gasteiger partial charge on any atom is -0.481 e. The number of carboxylic acid groups (broad SMARTS) is 1. The van der Waals surface area contributed by atoms with Crippen molar-refractivity contribution in [3.05, 3.63) is 47.5 Å². The molecule has 1 aromatic carbocycles. The molecule has 3 rings (SSSR count). The van der Waals surface area contributed by atoms with Crippen molar-refractivity contribution in [2.75, 3.05) is 0 Å². The summed E-state index contributed by atoms with van der Waals surface area (Å²) >= 11 is 0. The van der Waals surface area contributed by atoms with Gasteiger partial charge in [0.05, 0.1) is 11.4 Å². The van der Waals surface area contributed by atoms with Gasteiger partial charge >= 0.3 is 5.97 Å². The number of rotatable bonds is 3. The minimum atomic E-state index is -0.823. The van der Waals surface area contributed by atoms with Gasteiger partial charge in [-0.1, -0.05) is 0 Å². The molecule has 1 N–H and O–H groups in total. The second-order valence-corrected chi connectivity index (χ2v) is 4.95. The number of hydrogen-bond acceptors (Lipinski definition) is 2. The zero-order valence-corrected chi connectivity index (χ0v) is 10.4. The molecule has 2 aromatic rings. The van der Waals surface area contributed by atoms with Crippen molar-refractivity contribution in [3.8, 4) is 5.69 Å². The molecule has 5 heteroatoms. The predicted octanol–water partition coefficient (Wildman–Crippen LogP) is 2.44. The van der Waals surface area contributed by atoms with Crippen LogP contribution in [0.3, 0.4) is 0 Å². The van der Waals surface area contributed by atoms with Crippen molar-refractivity contribution in [2.24, 2.45) is 0 Å². The fourth-order valence-corrected chi connectivity index (χ4v) is 2.26. The lowest BCUT2D eigenvalue weighted by Gasteiger charge is -2.06. The summed E-state index contributed by atoms with van der Waals surface area (Å²) in [6, 6.07) is 7.77. The van der Waals surface area contributed by atoms with Gasteiger partial charge in [-0.05, 0) is 50.1 Å². The molecular formula is C14H13FN2O2. The highest BCUT2D eigenvalue weighted by molar-refractivity contribution is 5.84. The number of carbonyl (C=O) groups is 1. The summed E-state index contributed by atoms with van der Waals surface area (Å²) in [5.74, 6) is -1.13. The van der Waals surface area contributed by atoms with Crippen LogP contribution in [0.2, 0.25) is 0 Å². The molecule has 0 unspecified atom stereocenters. The molecule has 98 valence electrons. The van der Waals surface area contributed by atoms with Crippen molar-refractivity contribution in [1.29, 1.82) is 0 Å². The molecule has 1 aromatic heterocycles. The van der Waals surface area contributed by atoms with Gasteiger partial charge in [-0.15, -0.1) is 0 Å². The average Bonchev–Trinajstić information content (AvgIpc) is 3.10. The third kappa shape index (κ3) is 1.82. The van der Waals surface area contributed by atoms with Gasteiger partial charge in [0.15, 0.2) is 0 Å². The lowest BCUT2D eigenvalue weighted by molar-refractivity contribution is -0.140. The highest BCUT2D eigenvalue weighted by atomic mass is 19.1. The Kier molecular flexibility index (Phi) is 2.45. The Labute approximate surface area is 109 Å². The van der Waals surface area contributed by atoms with E-state index < -0.39 is 11.4 Å². The molecule has 1 aliphatic rings. The van der Waals surface area contributed by atoms with Crippen LogP contribution in [0, 0.1) is 12.7 Å². The summed E-state index contributed by atoms with van der Waals surface area (Å²) in [5.41, 5.74) is 1.35. The van der Waals surface area contributed by atoms with Gasteiger partial charge in [0.25, 0.3) is 0 Å². The molecule has 0 saturated heterocycles. The number of hydrogen-bond donors (Lipinski definition) is 1. The maximum absolute atomic E-state index is 12.9. The quantitative estimate of drug-likeness (QED) is 0.922. The molecule has 19 heavy (non-hydrogen) atoms. The first-order chi connectivity index (χ1) is 9.03. The van der Waals surface area contributed by atoms with Crippen LogP contribution in [0.4, 0.5) is 4.39 Å². The van der Waals surface area contributed by atoms with Crippen LogP contribution in [0.15, 0.2) is 30.3 Å². The molecular weight excluding hydrogens is 247 g/mol. The highest BCUT2D eigenvalue weighted by Gasteiger charge is 2.53. The van der Waals surface area contributed by atoms with Crippen LogP contribution in [0.25, 0.3) is 5.69 Å². The Bertz CT molecular complexity index is 642. The van der Waals surface area contributed by atoms with E-state index in [0.29, 0.717) is 18.5 Å². The van der Waals surface area contributed by atoms with E-state index in [2.05, 4.69) is 5.10 Å². The van der Waals surface area contributed by atoms with Crippen molar-refractivity contribution in [3.63, 3.8) is 0 Å². The molecule has 0 atom stereocenters. The molecule has 0 radical (unpaired) electrons. The average molecular weight is 260 g/mol. The van der Waals surface area contributed by atoms with Crippen LogP contribution < -0.4 is 0 Å². The highest BCUT2D eigenvalue weighted by Crippen LogP contribution is 2.48. The van der Waals surface area contributed by atoms with Gasteiger partial charge in [-0.2, -0.15) is 5.10 Å². The fourth-order valence-electron chi connectivity index (χ4n) is 2.26. The molecule has 0 spiro atoms. The number of aromatic nitrogens is 2. The molecule has 1 fully saturated rings. The lowest BCUT2D eigenvalue weighted by atomic mass is 10.0. The first kappa shape index (κ1) is 11.9. The zero-order chi connectivity index (χ0) is 13.6. The van der Waals surface area contributed by atoms with Gasteiger partial charge in [-0.25, -0.2) is 9.07 Å². The Hall–Kier alpha value is -2.17. The Morgan fingerprint density at radius 2 is 2.00 bits per heavy atom. The Morgan fingerprint density at radius 1 is 1.37 bits per heavy atom. The number of carboxylic acids is 1. The first-order valence-corrected chi connectivity index (χ1v) is 6.09. The second-order valence-electron chi connectivity index (χ2n) is 4.95. The van der Waals surface area contributed by atoms with E-state index in [1.165, 1.54) is 12.1 Å². The largest absolute Gasteiger partial charge is 0.481 e. The summed E-state index contributed by atoms with van der Waals surface area (Å²) in [6.45, 7) is 1.86. The minimum absolute atomic E-state index is 0.307. The standard InChI is InChI=1S/C14H13FN2O2/c1-9-8-12(14(6-7-14)13(18)19)16-17(9)11-4-2-10(15)3-5-11/h2-5,8H,6-7H2,1H3,(H,18,19). The molecule has 1 aliphatic carbocycles. The molecule has 1 heterocycles. The zero-order valence-electron chi connectivity index (χ0n) is 10.4.